The Hall–Kier alpha value is -0.530. The third-order valence-corrected chi connectivity index (χ3v) is 1.88. The number of carbonyl (C=O) groups is 1. The van der Waals surface area contributed by atoms with E-state index in [4.69, 9.17) is 5.11 Å². The molecular weight excluding hydrogens is 152 g/mol. The van der Waals surface area contributed by atoms with Gasteiger partial charge in [-0.2, -0.15) is 0 Å². The van der Waals surface area contributed by atoms with Crippen LogP contribution in [0, 0.1) is 6.42 Å². The Morgan fingerprint density at radius 3 is 2.33 bits per heavy atom. The zero-order chi connectivity index (χ0) is 9.23. The number of hydrogen-bond donors (Lipinski definition) is 1. The molecule has 0 saturated carbocycles. The predicted octanol–water partition coefficient (Wildman–Crippen LogP) is 3.03. The highest BCUT2D eigenvalue weighted by Gasteiger charge is 1.96. The van der Waals surface area contributed by atoms with Gasteiger partial charge in [0.15, 0.2) is 0 Å². The standard InChI is InChI=1S/C10H19O2/c1-2-3-4-5-6-7-8-9-10(11)12/h9H,2-8H2,1H3,(H,11,12). The van der Waals surface area contributed by atoms with E-state index in [-0.39, 0.29) is 0 Å². The van der Waals surface area contributed by atoms with Crippen molar-refractivity contribution in [3.05, 3.63) is 6.42 Å². The molecule has 0 aromatic carbocycles. The molecule has 0 saturated heterocycles. The van der Waals surface area contributed by atoms with E-state index in [9.17, 15) is 4.79 Å². The maximum atomic E-state index is 10.1. The molecule has 1 radical (unpaired) electrons. The van der Waals surface area contributed by atoms with Crippen LogP contribution in [-0.4, -0.2) is 11.1 Å². The van der Waals surface area contributed by atoms with E-state index in [0.29, 0.717) is 0 Å². The molecule has 0 spiro atoms. The maximum Gasteiger partial charge on any atom is 0.307 e. The summed E-state index contributed by atoms with van der Waals surface area (Å²) < 4.78 is 0. The van der Waals surface area contributed by atoms with E-state index in [1.165, 1.54) is 38.5 Å². The lowest BCUT2D eigenvalue weighted by atomic mass is 10.1. The third kappa shape index (κ3) is 9.47. The molecule has 12 heavy (non-hydrogen) atoms. The topological polar surface area (TPSA) is 37.3 Å². The number of unbranched alkanes of at least 4 members (excludes halogenated alkanes) is 6. The van der Waals surface area contributed by atoms with Crippen molar-refractivity contribution >= 4 is 5.97 Å². The molecule has 0 bridgehead atoms. The first-order valence-electron chi connectivity index (χ1n) is 4.83. The highest BCUT2D eigenvalue weighted by molar-refractivity contribution is 5.76. The lowest BCUT2D eigenvalue weighted by molar-refractivity contribution is -0.133. The van der Waals surface area contributed by atoms with Gasteiger partial charge in [0, 0.05) is 0 Å². The normalized spacial score (nSPS) is 10.1. The second kappa shape index (κ2) is 8.57. The van der Waals surface area contributed by atoms with Gasteiger partial charge in [0.25, 0.3) is 0 Å². The number of rotatable bonds is 8. The minimum atomic E-state index is -0.788. The van der Waals surface area contributed by atoms with Gasteiger partial charge in [0.05, 0.1) is 6.42 Å². The van der Waals surface area contributed by atoms with Crippen LogP contribution in [0.2, 0.25) is 0 Å². The second-order valence-electron chi connectivity index (χ2n) is 3.10. The van der Waals surface area contributed by atoms with Crippen molar-refractivity contribution in [1.29, 1.82) is 0 Å². The molecule has 0 aromatic heterocycles. The number of hydrogen-bond acceptors (Lipinski definition) is 1. The van der Waals surface area contributed by atoms with Crippen LogP contribution in [0.1, 0.15) is 51.9 Å². The molecule has 0 fully saturated rings. The average molecular weight is 171 g/mol. The van der Waals surface area contributed by atoms with Gasteiger partial charge in [0.2, 0.25) is 0 Å². The van der Waals surface area contributed by atoms with Gasteiger partial charge in [0.1, 0.15) is 0 Å². The summed E-state index contributed by atoms with van der Waals surface area (Å²) in [5, 5.41) is 8.30. The Morgan fingerprint density at radius 2 is 1.75 bits per heavy atom. The van der Waals surface area contributed by atoms with Gasteiger partial charge in [-0.05, 0) is 6.42 Å². The molecular formula is C10H19O2. The van der Waals surface area contributed by atoms with Crippen LogP contribution in [-0.2, 0) is 4.79 Å². The molecule has 71 valence electrons. The SMILES string of the molecule is CCCCCCCC[CH]C(=O)O. The molecule has 0 aliphatic heterocycles. The van der Waals surface area contributed by atoms with E-state index < -0.39 is 5.97 Å². The molecule has 0 aliphatic carbocycles. The fourth-order valence-corrected chi connectivity index (χ4v) is 1.15. The summed E-state index contributed by atoms with van der Waals surface area (Å²) in [6.07, 6.45) is 9.38. The largest absolute Gasteiger partial charge is 0.481 e. The van der Waals surface area contributed by atoms with E-state index in [2.05, 4.69) is 6.92 Å². The molecule has 0 aliphatic rings. The Morgan fingerprint density at radius 1 is 1.17 bits per heavy atom. The number of aliphatic carboxylic acids is 1. The van der Waals surface area contributed by atoms with Gasteiger partial charge < -0.3 is 5.11 Å². The summed E-state index contributed by atoms with van der Waals surface area (Å²) in [5.74, 6) is -0.788. The fraction of sp³-hybridized carbons (Fsp3) is 0.800. The van der Waals surface area contributed by atoms with E-state index in [0.717, 1.165) is 12.8 Å². The van der Waals surface area contributed by atoms with Crippen molar-refractivity contribution in [2.24, 2.45) is 0 Å². The first-order valence-corrected chi connectivity index (χ1v) is 4.83. The lowest BCUT2D eigenvalue weighted by Crippen LogP contribution is -1.94. The maximum absolute atomic E-state index is 10.1. The molecule has 0 heterocycles. The minimum absolute atomic E-state index is 0.724. The number of carboxylic acid groups (broad SMARTS) is 1. The monoisotopic (exact) mass is 171 g/mol. The highest BCUT2D eigenvalue weighted by atomic mass is 16.4. The van der Waals surface area contributed by atoms with Gasteiger partial charge in [-0.1, -0.05) is 45.4 Å². The fourth-order valence-electron chi connectivity index (χ4n) is 1.15. The molecule has 0 amide bonds. The van der Waals surface area contributed by atoms with Crippen molar-refractivity contribution in [3.8, 4) is 0 Å². The first-order chi connectivity index (χ1) is 5.77. The molecule has 0 aromatic rings. The van der Waals surface area contributed by atoms with E-state index >= 15 is 0 Å². The predicted molar refractivity (Wildman–Crippen MR) is 49.9 cm³/mol. The van der Waals surface area contributed by atoms with Crippen molar-refractivity contribution in [3.63, 3.8) is 0 Å². The first kappa shape index (κ1) is 11.5. The Bertz CT molecular complexity index is 110. The van der Waals surface area contributed by atoms with Crippen LogP contribution in [0.25, 0.3) is 0 Å². The summed E-state index contributed by atoms with van der Waals surface area (Å²) in [6.45, 7) is 2.19. The highest BCUT2D eigenvalue weighted by Crippen LogP contribution is 2.07. The van der Waals surface area contributed by atoms with Gasteiger partial charge >= 0.3 is 5.97 Å². The van der Waals surface area contributed by atoms with Crippen molar-refractivity contribution in [1.82, 2.24) is 0 Å². The zero-order valence-electron chi connectivity index (χ0n) is 7.88. The summed E-state index contributed by atoms with van der Waals surface area (Å²) in [6, 6.07) is 0. The number of carboxylic acids is 1. The summed E-state index contributed by atoms with van der Waals surface area (Å²) in [7, 11) is 0. The van der Waals surface area contributed by atoms with Crippen LogP contribution in [0.5, 0.6) is 0 Å². The van der Waals surface area contributed by atoms with Gasteiger partial charge in [-0.15, -0.1) is 0 Å². The van der Waals surface area contributed by atoms with Crippen LogP contribution in [0.3, 0.4) is 0 Å². The Labute approximate surface area is 75.0 Å². The minimum Gasteiger partial charge on any atom is -0.481 e. The molecule has 2 heteroatoms. The second-order valence-corrected chi connectivity index (χ2v) is 3.10. The van der Waals surface area contributed by atoms with Crippen molar-refractivity contribution in [2.45, 2.75) is 51.9 Å². The Kier molecular flexibility index (Phi) is 8.19. The molecule has 0 rings (SSSR count). The summed E-state index contributed by atoms with van der Waals surface area (Å²) >= 11 is 0. The molecule has 2 nitrogen and oxygen atoms in total. The van der Waals surface area contributed by atoms with Gasteiger partial charge in [-0.25, -0.2) is 0 Å². The van der Waals surface area contributed by atoms with Crippen LogP contribution < -0.4 is 0 Å². The van der Waals surface area contributed by atoms with Crippen LogP contribution in [0.15, 0.2) is 0 Å². The van der Waals surface area contributed by atoms with Crippen LogP contribution >= 0.6 is 0 Å². The van der Waals surface area contributed by atoms with Crippen molar-refractivity contribution < 1.29 is 9.90 Å². The Balaban J connectivity index is 2.86. The molecule has 0 unspecified atom stereocenters. The summed E-state index contributed by atoms with van der Waals surface area (Å²) in [5.41, 5.74) is 0. The molecule has 1 N–H and O–H groups in total. The lowest BCUT2D eigenvalue weighted by Gasteiger charge is -1.98. The van der Waals surface area contributed by atoms with Crippen molar-refractivity contribution in [2.75, 3.05) is 0 Å². The van der Waals surface area contributed by atoms with E-state index in [1.807, 2.05) is 0 Å². The zero-order valence-corrected chi connectivity index (χ0v) is 7.88. The quantitative estimate of drug-likeness (QED) is 0.570. The van der Waals surface area contributed by atoms with Crippen LogP contribution in [0.4, 0.5) is 0 Å². The average Bonchev–Trinajstić information content (AvgIpc) is 2.02. The third-order valence-electron chi connectivity index (χ3n) is 1.88. The summed E-state index contributed by atoms with van der Waals surface area (Å²) in [4.78, 5) is 10.1. The van der Waals surface area contributed by atoms with Gasteiger partial charge in [-0.3, -0.25) is 4.79 Å². The smallest absolute Gasteiger partial charge is 0.307 e. The molecule has 0 atom stereocenters. The van der Waals surface area contributed by atoms with E-state index in [1.54, 1.807) is 0 Å².